The molecule has 0 aliphatic rings. The molecule has 0 aliphatic heterocycles. The summed E-state index contributed by atoms with van der Waals surface area (Å²) in [5.74, 6) is -18.5. The van der Waals surface area contributed by atoms with Crippen LogP contribution >= 0.6 is 0 Å². The Bertz CT molecular complexity index is 727. The van der Waals surface area contributed by atoms with Gasteiger partial charge in [0.2, 0.25) is 5.78 Å². The van der Waals surface area contributed by atoms with Crippen molar-refractivity contribution in [3.8, 4) is 0 Å². The Labute approximate surface area is 172 Å². The van der Waals surface area contributed by atoms with Crippen molar-refractivity contribution in [1.82, 2.24) is 0 Å². The number of halogens is 18. The summed E-state index contributed by atoms with van der Waals surface area (Å²) >= 11 is 0. The van der Waals surface area contributed by atoms with Crippen molar-refractivity contribution in [1.29, 1.82) is 0 Å². The molecule has 3 unspecified atom stereocenters. The van der Waals surface area contributed by atoms with Gasteiger partial charge in [-0.15, -0.1) is 0 Å². The quantitative estimate of drug-likeness (QED) is 0.395. The molecule has 0 bridgehead atoms. The second-order valence-electron chi connectivity index (χ2n) is 5.50. The van der Waals surface area contributed by atoms with Crippen molar-refractivity contribution in [2.45, 2.75) is 54.9 Å². The summed E-state index contributed by atoms with van der Waals surface area (Å²) in [4.78, 5) is 10.7. The molecule has 0 aromatic heterocycles. The highest BCUT2D eigenvalue weighted by atomic mass is 19.4. The van der Waals surface area contributed by atoms with Gasteiger partial charge in [0, 0.05) is 0 Å². The summed E-state index contributed by atoms with van der Waals surface area (Å²) in [6.45, 7) is -2.82. The van der Waals surface area contributed by atoms with Crippen molar-refractivity contribution in [3.63, 3.8) is 0 Å². The van der Waals surface area contributed by atoms with Crippen LogP contribution in [0.1, 0.15) is 0 Å². The SMILES string of the molecule is O=C(CO)C(F)(OC(F)(F)C(F)(OC(F)(F)C(F)(F)OC(F)C(F)(F)F)C(F)(F)F)C(F)(F)F. The first-order valence-corrected chi connectivity index (χ1v) is 7.10. The summed E-state index contributed by atoms with van der Waals surface area (Å²) in [6, 6.07) is 0. The largest absolute Gasteiger partial charge is 0.458 e. The lowest BCUT2D eigenvalue weighted by Crippen LogP contribution is -2.67. The van der Waals surface area contributed by atoms with Crippen molar-refractivity contribution < 1.29 is 103 Å². The van der Waals surface area contributed by atoms with E-state index in [9.17, 15) is 83.8 Å². The minimum absolute atomic E-state index is 1.39. The fourth-order valence-electron chi connectivity index (χ4n) is 1.40. The molecule has 34 heavy (non-hydrogen) atoms. The fourth-order valence-corrected chi connectivity index (χ4v) is 1.40. The van der Waals surface area contributed by atoms with Gasteiger partial charge >= 0.3 is 48.6 Å². The van der Waals surface area contributed by atoms with E-state index < -0.39 is 67.3 Å². The molecule has 0 saturated heterocycles. The molecule has 0 rings (SSSR count). The number of ether oxygens (including phenoxy) is 3. The van der Waals surface area contributed by atoms with Crippen molar-refractivity contribution in [2.75, 3.05) is 6.61 Å². The molecule has 0 aromatic rings. The molecule has 23 heteroatoms. The fraction of sp³-hybridized carbons (Fsp3) is 0.909. The van der Waals surface area contributed by atoms with Crippen LogP contribution in [-0.2, 0) is 19.0 Å². The van der Waals surface area contributed by atoms with E-state index in [2.05, 4.69) is 0 Å². The highest BCUT2D eigenvalue weighted by Crippen LogP contribution is 2.55. The van der Waals surface area contributed by atoms with E-state index in [1.807, 2.05) is 0 Å². The van der Waals surface area contributed by atoms with E-state index in [0.29, 0.717) is 0 Å². The maximum absolute atomic E-state index is 13.8. The summed E-state index contributed by atoms with van der Waals surface area (Å²) in [6.07, 6.45) is -50.4. The molecule has 0 heterocycles. The van der Waals surface area contributed by atoms with Crippen LogP contribution in [-0.4, -0.2) is 72.4 Å². The van der Waals surface area contributed by atoms with Gasteiger partial charge in [-0.05, 0) is 0 Å². The van der Waals surface area contributed by atoms with Crippen molar-refractivity contribution in [3.05, 3.63) is 0 Å². The highest BCUT2D eigenvalue weighted by molar-refractivity contribution is 5.87. The van der Waals surface area contributed by atoms with Gasteiger partial charge in [0.15, 0.2) is 0 Å². The first-order valence-electron chi connectivity index (χ1n) is 7.10. The molecular weight excluding hydrogens is 554 g/mol. The average molecular weight is 558 g/mol. The minimum atomic E-state index is -8.04. The number of aliphatic hydroxyl groups is 1. The number of Topliss-reactive ketones (excluding diaryl/α,β-unsaturated/α-hetero) is 1. The second kappa shape index (κ2) is 9.04. The van der Waals surface area contributed by atoms with Crippen LogP contribution in [0, 0.1) is 0 Å². The van der Waals surface area contributed by atoms with Crippen LogP contribution in [0.25, 0.3) is 0 Å². The summed E-state index contributed by atoms with van der Waals surface area (Å²) in [7, 11) is 0. The normalized spacial score (nSPS) is 19.4. The van der Waals surface area contributed by atoms with E-state index in [4.69, 9.17) is 5.11 Å². The van der Waals surface area contributed by atoms with Gasteiger partial charge in [0.05, 0.1) is 0 Å². The van der Waals surface area contributed by atoms with E-state index in [1.54, 1.807) is 9.47 Å². The van der Waals surface area contributed by atoms with Crippen LogP contribution in [0.4, 0.5) is 79.0 Å². The maximum Gasteiger partial charge on any atom is 0.458 e. The maximum atomic E-state index is 13.8. The Hall–Kier alpha value is -1.75. The van der Waals surface area contributed by atoms with Gasteiger partial charge in [-0.3, -0.25) is 19.0 Å². The summed E-state index contributed by atoms with van der Waals surface area (Å²) in [5, 5.41) is 8.11. The summed E-state index contributed by atoms with van der Waals surface area (Å²) < 4.78 is 235. The third-order valence-electron chi connectivity index (χ3n) is 2.99. The minimum Gasteiger partial charge on any atom is -0.388 e. The molecule has 5 nitrogen and oxygen atoms in total. The molecule has 0 amide bonds. The Morgan fingerprint density at radius 3 is 1.35 bits per heavy atom. The molecule has 0 radical (unpaired) electrons. The highest BCUT2D eigenvalue weighted by Gasteiger charge is 2.83. The number of hydrogen-bond acceptors (Lipinski definition) is 5. The zero-order valence-corrected chi connectivity index (χ0v) is 14.7. The topological polar surface area (TPSA) is 65.0 Å². The number of hydrogen-bond donors (Lipinski definition) is 1. The number of alkyl halides is 18. The van der Waals surface area contributed by atoms with Crippen LogP contribution in [0.5, 0.6) is 0 Å². The van der Waals surface area contributed by atoms with E-state index >= 15 is 0 Å². The first-order chi connectivity index (χ1) is 14.5. The van der Waals surface area contributed by atoms with E-state index in [1.165, 1.54) is 4.74 Å². The smallest absolute Gasteiger partial charge is 0.388 e. The monoisotopic (exact) mass is 558 g/mol. The predicted molar refractivity (Wildman–Crippen MR) is 60.9 cm³/mol. The zero-order chi connectivity index (χ0) is 28.0. The Morgan fingerprint density at radius 2 is 1.06 bits per heavy atom. The molecular formula is C11H4F18O5. The van der Waals surface area contributed by atoms with E-state index in [-0.39, 0.29) is 0 Å². The summed E-state index contributed by atoms with van der Waals surface area (Å²) in [5.41, 5.74) is 0. The lowest BCUT2D eigenvalue weighted by molar-refractivity contribution is -0.558. The van der Waals surface area contributed by atoms with Gasteiger partial charge in [0.1, 0.15) is 6.61 Å². The average Bonchev–Trinajstić information content (AvgIpc) is 2.56. The van der Waals surface area contributed by atoms with Crippen LogP contribution in [0.2, 0.25) is 0 Å². The lowest BCUT2D eigenvalue weighted by atomic mass is 10.1. The number of rotatable bonds is 10. The third-order valence-corrected chi connectivity index (χ3v) is 2.99. The predicted octanol–water partition coefficient (Wildman–Crippen LogP) is 4.69. The Balaban J connectivity index is 6.57. The van der Waals surface area contributed by atoms with Crippen LogP contribution in [0.15, 0.2) is 0 Å². The zero-order valence-electron chi connectivity index (χ0n) is 14.7. The Kier molecular flexibility index (Phi) is 8.57. The molecule has 0 aliphatic carbocycles. The van der Waals surface area contributed by atoms with Gasteiger partial charge < -0.3 is 5.11 Å². The van der Waals surface area contributed by atoms with Crippen molar-refractivity contribution in [2.24, 2.45) is 0 Å². The van der Waals surface area contributed by atoms with Gasteiger partial charge in [0.25, 0.3) is 6.36 Å². The molecule has 204 valence electrons. The molecule has 1 N–H and O–H groups in total. The van der Waals surface area contributed by atoms with E-state index in [0.717, 1.165) is 0 Å². The second-order valence-corrected chi connectivity index (χ2v) is 5.50. The number of carbonyl (C=O) groups is 1. The molecule has 3 atom stereocenters. The third kappa shape index (κ3) is 6.08. The van der Waals surface area contributed by atoms with Gasteiger partial charge in [-0.25, -0.2) is 4.39 Å². The number of carbonyl (C=O) groups excluding carboxylic acids is 1. The van der Waals surface area contributed by atoms with Gasteiger partial charge in [-0.1, -0.05) is 0 Å². The molecule has 0 spiro atoms. The van der Waals surface area contributed by atoms with Crippen molar-refractivity contribution >= 4 is 5.78 Å². The molecule has 0 saturated carbocycles. The van der Waals surface area contributed by atoms with Gasteiger partial charge in [-0.2, -0.15) is 74.6 Å². The van der Waals surface area contributed by atoms with Crippen LogP contribution < -0.4 is 0 Å². The Morgan fingerprint density at radius 1 is 0.647 bits per heavy atom. The standard InChI is InChI=1S/C11H4F18O5/c12-3(5(14,15)16)32-10(26,27)11(28,29)34-6(17,8(21,22)23)9(24,25)33-4(13,2(31)1-30)7(18,19)20/h3,30H,1H2. The number of ketones is 1. The molecule has 0 fully saturated rings. The van der Waals surface area contributed by atoms with Crippen LogP contribution in [0.3, 0.4) is 0 Å². The number of aliphatic hydroxyl groups excluding tert-OH is 1. The molecule has 0 aromatic carbocycles. The first kappa shape index (κ1) is 32.2. The lowest BCUT2D eigenvalue weighted by Gasteiger charge is -2.39.